The third-order valence-electron chi connectivity index (χ3n) is 3.77. The summed E-state index contributed by atoms with van der Waals surface area (Å²) in [5, 5.41) is 7.55. The molecule has 0 bridgehead atoms. The fourth-order valence-corrected chi connectivity index (χ4v) is 2.50. The molecular formula is C15H22N4O. The molecule has 2 aromatic rings. The molecule has 2 aromatic heterocycles. The average Bonchev–Trinajstić information content (AvgIpc) is 3.03. The van der Waals surface area contributed by atoms with Gasteiger partial charge in [-0.05, 0) is 37.4 Å². The third kappa shape index (κ3) is 2.93. The Bertz CT molecular complexity index is 556. The number of nitrogens with zero attached hydrogens (tertiary/aromatic N) is 3. The van der Waals surface area contributed by atoms with Gasteiger partial charge >= 0.3 is 0 Å². The van der Waals surface area contributed by atoms with Gasteiger partial charge in [-0.25, -0.2) is 0 Å². The molecule has 1 saturated carbocycles. The predicted octanol–water partition coefficient (Wildman–Crippen LogP) is 2.86. The summed E-state index contributed by atoms with van der Waals surface area (Å²) >= 11 is 0. The zero-order chi connectivity index (χ0) is 13.9. The van der Waals surface area contributed by atoms with Crippen LogP contribution in [0.1, 0.15) is 62.3 Å². The van der Waals surface area contributed by atoms with Crippen molar-refractivity contribution in [2.24, 2.45) is 0 Å². The number of hydrogen-bond acceptors (Lipinski definition) is 4. The summed E-state index contributed by atoms with van der Waals surface area (Å²) in [4.78, 5) is 4.46. The maximum Gasteiger partial charge on any atom is 0.229 e. The first-order valence-electron chi connectivity index (χ1n) is 7.51. The van der Waals surface area contributed by atoms with E-state index in [2.05, 4.69) is 52.3 Å². The lowest BCUT2D eigenvalue weighted by Gasteiger charge is -2.13. The zero-order valence-electron chi connectivity index (χ0n) is 12.2. The minimum Gasteiger partial charge on any atom is -0.346 e. The molecule has 0 saturated heterocycles. The van der Waals surface area contributed by atoms with Crippen molar-refractivity contribution >= 4 is 0 Å². The van der Waals surface area contributed by atoms with Gasteiger partial charge in [-0.3, -0.25) is 0 Å². The van der Waals surface area contributed by atoms with E-state index < -0.39 is 0 Å². The maximum atomic E-state index is 5.29. The highest BCUT2D eigenvalue weighted by molar-refractivity contribution is 5.16. The summed E-state index contributed by atoms with van der Waals surface area (Å²) in [6, 6.07) is 2.59. The van der Waals surface area contributed by atoms with Crippen LogP contribution in [-0.4, -0.2) is 21.3 Å². The van der Waals surface area contributed by atoms with E-state index in [0.29, 0.717) is 18.5 Å². The van der Waals surface area contributed by atoms with Gasteiger partial charge < -0.3 is 14.4 Å². The van der Waals surface area contributed by atoms with Crippen LogP contribution in [0.15, 0.2) is 23.0 Å². The average molecular weight is 274 g/mol. The first-order chi connectivity index (χ1) is 9.80. The molecule has 1 unspecified atom stereocenters. The molecule has 0 aromatic carbocycles. The van der Waals surface area contributed by atoms with Crippen LogP contribution in [0.2, 0.25) is 0 Å². The number of rotatable bonds is 7. The maximum absolute atomic E-state index is 5.29. The second kappa shape index (κ2) is 5.79. The summed E-state index contributed by atoms with van der Waals surface area (Å²) in [5.74, 6) is 2.10. The van der Waals surface area contributed by atoms with Crippen LogP contribution >= 0.6 is 0 Å². The van der Waals surface area contributed by atoms with Crippen molar-refractivity contribution in [2.45, 2.75) is 51.6 Å². The molecule has 20 heavy (non-hydrogen) atoms. The molecule has 1 atom stereocenters. The Labute approximate surface area is 119 Å². The Morgan fingerprint density at radius 3 is 3.00 bits per heavy atom. The number of aromatic nitrogens is 3. The topological polar surface area (TPSA) is 55.9 Å². The van der Waals surface area contributed by atoms with Crippen LogP contribution in [0.3, 0.4) is 0 Å². The number of hydrogen-bond donors (Lipinski definition) is 1. The van der Waals surface area contributed by atoms with E-state index in [-0.39, 0.29) is 0 Å². The normalized spacial score (nSPS) is 16.5. The van der Waals surface area contributed by atoms with Crippen molar-refractivity contribution in [3.63, 3.8) is 0 Å². The largest absolute Gasteiger partial charge is 0.346 e. The molecule has 1 aliphatic rings. The van der Waals surface area contributed by atoms with E-state index in [4.69, 9.17) is 4.52 Å². The van der Waals surface area contributed by atoms with Gasteiger partial charge in [-0.15, -0.1) is 0 Å². The van der Waals surface area contributed by atoms with Crippen LogP contribution in [0.5, 0.6) is 0 Å². The van der Waals surface area contributed by atoms with E-state index in [1.54, 1.807) is 0 Å². The van der Waals surface area contributed by atoms with Crippen molar-refractivity contribution in [3.8, 4) is 0 Å². The molecule has 1 fully saturated rings. The second-order valence-electron chi connectivity index (χ2n) is 5.46. The van der Waals surface area contributed by atoms with Crippen molar-refractivity contribution in [2.75, 3.05) is 6.54 Å². The van der Waals surface area contributed by atoms with E-state index in [0.717, 1.165) is 24.7 Å². The van der Waals surface area contributed by atoms with Crippen molar-refractivity contribution in [3.05, 3.63) is 35.7 Å². The van der Waals surface area contributed by atoms with E-state index in [9.17, 15) is 0 Å². The van der Waals surface area contributed by atoms with Gasteiger partial charge in [0, 0.05) is 24.4 Å². The molecule has 1 aliphatic carbocycles. The van der Waals surface area contributed by atoms with E-state index >= 15 is 0 Å². The van der Waals surface area contributed by atoms with Crippen molar-refractivity contribution in [1.82, 2.24) is 20.0 Å². The zero-order valence-corrected chi connectivity index (χ0v) is 12.2. The second-order valence-corrected chi connectivity index (χ2v) is 5.46. The lowest BCUT2D eigenvalue weighted by atomic mass is 10.1. The lowest BCUT2D eigenvalue weighted by Crippen LogP contribution is -2.19. The molecular weight excluding hydrogens is 252 g/mol. The molecule has 5 heteroatoms. The van der Waals surface area contributed by atoms with E-state index in [1.807, 2.05) is 0 Å². The Morgan fingerprint density at radius 1 is 1.45 bits per heavy atom. The molecule has 0 amide bonds. The fraction of sp³-hybridized carbons (Fsp3) is 0.600. The first-order valence-corrected chi connectivity index (χ1v) is 7.51. The first kappa shape index (κ1) is 13.4. The monoisotopic (exact) mass is 274 g/mol. The van der Waals surface area contributed by atoms with Crippen LogP contribution in [-0.2, 0) is 6.54 Å². The van der Waals surface area contributed by atoms with Crippen LogP contribution in [0.25, 0.3) is 0 Å². The quantitative estimate of drug-likeness (QED) is 0.843. The summed E-state index contributed by atoms with van der Waals surface area (Å²) in [6.07, 6.45) is 7.73. The molecule has 2 heterocycles. The summed E-state index contributed by atoms with van der Waals surface area (Å²) < 4.78 is 7.41. The summed E-state index contributed by atoms with van der Waals surface area (Å²) in [7, 11) is 0. The Hall–Kier alpha value is -1.62. The Morgan fingerprint density at radius 2 is 2.30 bits per heavy atom. The lowest BCUT2D eigenvalue weighted by molar-refractivity contribution is 0.373. The number of nitrogens with one attached hydrogen (secondary N) is 1. The van der Waals surface area contributed by atoms with Gasteiger partial charge in [-0.1, -0.05) is 19.0 Å². The van der Waals surface area contributed by atoms with Crippen molar-refractivity contribution in [1.29, 1.82) is 0 Å². The highest BCUT2D eigenvalue weighted by Crippen LogP contribution is 2.38. The molecule has 5 nitrogen and oxygen atoms in total. The highest BCUT2D eigenvalue weighted by atomic mass is 16.5. The van der Waals surface area contributed by atoms with Gasteiger partial charge in [0.15, 0.2) is 5.82 Å². The molecule has 0 aliphatic heterocycles. The Kier molecular flexibility index (Phi) is 3.87. The van der Waals surface area contributed by atoms with Crippen LogP contribution in [0, 0.1) is 0 Å². The predicted molar refractivity (Wildman–Crippen MR) is 76.5 cm³/mol. The van der Waals surface area contributed by atoms with Crippen LogP contribution < -0.4 is 5.32 Å². The summed E-state index contributed by atoms with van der Waals surface area (Å²) in [6.45, 7) is 6.00. The van der Waals surface area contributed by atoms with E-state index in [1.165, 1.54) is 18.4 Å². The molecule has 3 rings (SSSR count). The van der Waals surface area contributed by atoms with Gasteiger partial charge in [0.25, 0.3) is 0 Å². The molecule has 0 radical (unpaired) electrons. The van der Waals surface area contributed by atoms with Crippen molar-refractivity contribution < 1.29 is 4.52 Å². The minimum absolute atomic E-state index is 0.425. The Balaban J connectivity index is 1.66. The van der Waals surface area contributed by atoms with Gasteiger partial charge in [0.05, 0.1) is 6.54 Å². The van der Waals surface area contributed by atoms with Crippen LogP contribution in [0.4, 0.5) is 0 Å². The van der Waals surface area contributed by atoms with Gasteiger partial charge in [-0.2, -0.15) is 4.98 Å². The minimum atomic E-state index is 0.425. The smallest absolute Gasteiger partial charge is 0.229 e. The summed E-state index contributed by atoms with van der Waals surface area (Å²) in [5.41, 5.74) is 1.32. The van der Waals surface area contributed by atoms with Gasteiger partial charge in [0.2, 0.25) is 5.89 Å². The SMILES string of the molecule is CCNC(CC)c1ccn(Cc2noc(C3CC3)n2)c1. The standard InChI is InChI=1S/C15H22N4O/c1-3-13(16-4-2)12-7-8-19(9-12)10-14-17-15(20-18-14)11-5-6-11/h7-9,11,13,16H,3-6,10H2,1-2H3. The molecule has 0 spiro atoms. The third-order valence-corrected chi connectivity index (χ3v) is 3.77. The molecule has 1 N–H and O–H groups in total. The molecule has 108 valence electrons. The fourth-order valence-electron chi connectivity index (χ4n) is 2.50. The van der Waals surface area contributed by atoms with Gasteiger partial charge in [0.1, 0.15) is 0 Å². The highest BCUT2D eigenvalue weighted by Gasteiger charge is 2.29.